The Morgan fingerprint density at radius 1 is 1.23 bits per heavy atom. The maximum Gasteiger partial charge on any atom is 0.281 e. The van der Waals surface area contributed by atoms with Crippen molar-refractivity contribution in [2.75, 3.05) is 27.2 Å². The zero-order valence-corrected chi connectivity index (χ0v) is 17.1. The van der Waals surface area contributed by atoms with E-state index in [1.54, 1.807) is 0 Å². The molecule has 1 saturated heterocycles. The Bertz CT molecular complexity index is 732. The van der Waals surface area contributed by atoms with E-state index in [1.165, 1.54) is 33.8 Å². The van der Waals surface area contributed by atoms with Gasteiger partial charge >= 0.3 is 0 Å². The smallest absolute Gasteiger partial charge is 0.281 e. The predicted molar refractivity (Wildman–Crippen MR) is 104 cm³/mol. The molecule has 2 rings (SSSR count). The number of carbonyl (C=O) groups is 1. The number of rotatable bonds is 7. The second-order valence-corrected chi connectivity index (χ2v) is 9.16. The highest BCUT2D eigenvalue weighted by atomic mass is 32.2. The van der Waals surface area contributed by atoms with Gasteiger partial charge in [0, 0.05) is 33.7 Å². The fourth-order valence-corrected chi connectivity index (χ4v) is 4.52. The average molecular weight is 382 g/mol. The number of piperidine rings is 1. The average Bonchev–Trinajstić information content (AvgIpc) is 2.65. The van der Waals surface area contributed by atoms with E-state index >= 15 is 0 Å². The molecule has 146 valence electrons. The van der Waals surface area contributed by atoms with Gasteiger partial charge in [0.15, 0.2) is 0 Å². The molecule has 1 aromatic carbocycles. The van der Waals surface area contributed by atoms with Crippen molar-refractivity contribution in [1.29, 1.82) is 0 Å². The summed E-state index contributed by atoms with van der Waals surface area (Å²) < 4.78 is 27.2. The maximum absolute atomic E-state index is 12.6. The molecule has 1 N–H and O–H groups in total. The van der Waals surface area contributed by atoms with E-state index < -0.39 is 10.2 Å². The van der Waals surface area contributed by atoms with Gasteiger partial charge in [0.1, 0.15) is 0 Å². The number of amides is 1. The van der Waals surface area contributed by atoms with Crippen LogP contribution in [0.5, 0.6) is 0 Å². The largest absolute Gasteiger partial charge is 0.352 e. The zero-order chi connectivity index (χ0) is 19.3. The third-order valence-corrected chi connectivity index (χ3v) is 6.96. The lowest BCUT2D eigenvalue weighted by molar-refractivity contribution is -0.126. The quantitative estimate of drug-likeness (QED) is 0.785. The predicted octanol–water partition coefficient (Wildman–Crippen LogP) is 1.95. The molecule has 0 saturated carbocycles. The van der Waals surface area contributed by atoms with Crippen LogP contribution in [0.15, 0.2) is 18.2 Å². The SMILES string of the molecule is CCc1ccc(CC)c(CNC(=O)[C@H]2CCCN(S(=O)(=O)N(C)C)C2)c1. The summed E-state index contributed by atoms with van der Waals surface area (Å²) in [5.41, 5.74) is 3.64. The first-order chi connectivity index (χ1) is 12.3. The molecule has 0 bridgehead atoms. The summed E-state index contributed by atoms with van der Waals surface area (Å²) in [7, 11) is -0.427. The Hall–Kier alpha value is -1.44. The van der Waals surface area contributed by atoms with Gasteiger partial charge in [-0.2, -0.15) is 17.0 Å². The van der Waals surface area contributed by atoms with Gasteiger partial charge in [0.2, 0.25) is 5.91 Å². The Kier molecular flexibility index (Phi) is 7.20. The molecule has 1 heterocycles. The van der Waals surface area contributed by atoms with E-state index in [2.05, 4.69) is 37.4 Å². The van der Waals surface area contributed by atoms with Crippen LogP contribution in [0.4, 0.5) is 0 Å². The molecule has 1 aromatic rings. The minimum Gasteiger partial charge on any atom is -0.352 e. The lowest BCUT2D eigenvalue weighted by Gasteiger charge is -2.32. The van der Waals surface area contributed by atoms with Gasteiger partial charge < -0.3 is 5.32 Å². The third-order valence-electron chi connectivity index (χ3n) is 5.06. The van der Waals surface area contributed by atoms with Crippen LogP contribution in [-0.2, 0) is 34.4 Å². The number of hydrogen-bond donors (Lipinski definition) is 1. The maximum atomic E-state index is 12.6. The zero-order valence-electron chi connectivity index (χ0n) is 16.3. The van der Waals surface area contributed by atoms with Gasteiger partial charge in [0.25, 0.3) is 10.2 Å². The Morgan fingerprint density at radius 2 is 1.96 bits per heavy atom. The second-order valence-electron chi connectivity index (χ2n) is 7.02. The van der Waals surface area contributed by atoms with Crippen molar-refractivity contribution in [2.24, 2.45) is 5.92 Å². The Labute approximate surface area is 157 Å². The summed E-state index contributed by atoms with van der Waals surface area (Å²) in [4.78, 5) is 12.6. The first-order valence-electron chi connectivity index (χ1n) is 9.35. The van der Waals surface area contributed by atoms with Crippen LogP contribution >= 0.6 is 0 Å². The molecular formula is C19H31N3O3S. The highest BCUT2D eigenvalue weighted by molar-refractivity contribution is 7.86. The number of nitrogens with one attached hydrogen (secondary N) is 1. The fraction of sp³-hybridized carbons (Fsp3) is 0.632. The molecule has 0 aromatic heterocycles. The molecule has 7 heteroatoms. The summed E-state index contributed by atoms with van der Waals surface area (Å²) in [6, 6.07) is 6.42. The van der Waals surface area contributed by atoms with Crippen molar-refractivity contribution in [1.82, 2.24) is 13.9 Å². The van der Waals surface area contributed by atoms with Gasteiger partial charge in [-0.15, -0.1) is 0 Å². The molecule has 0 radical (unpaired) electrons. The number of benzene rings is 1. The normalized spacial score (nSPS) is 18.9. The minimum atomic E-state index is -3.47. The summed E-state index contributed by atoms with van der Waals surface area (Å²) in [5, 5.41) is 3.02. The van der Waals surface area contributed by atoms with Gasteiger partial charge in [-0.05, 0) is 42.4 Å². The summed E-state index contributed by atoms with van der Waals surface area (Å²) in [5.74, 6) is -0.356. The van der Waals surface area contributed by atoms with Crippen molar-refractivity contribution in [2.45, 2.75) is 46.1 Å². The van der Waals surface area contributed by atoms with Gasteiger partial charge in [0.05, 0.1) is 5.92 Å². The highest BCUT2D eigenvalue weighted by Crippen LogP contribution is 2.21. The van der Waals surface area contributed by atoms with Crippen LogP contribution in [-0.4, -0.2) is 50.1 Å². The van der Waals surface area contributed by atoms with Crippen molar-refractivity contribution in [3.05, 3.63) is 34.9 Å². The van der Waals surface area contributed by atoms with Crippen LogP contribution < -0.4 is 5.32 Å². The van der Waals surface area contributed by atoms with Crippen molar-refractivity contribution < 1.29 is 13.2 Å². The van der Waals surface area contributed by atoms with Crippen LogP contribution in [0.1, 0.15) is 43.4 Å². The Morgan fingerprint density at radius 3 is 2.58 bits per heavy atom. The van der Waals surface area contributed by atoms with E-state index in [1.807, 2.05) is 0 Å². The lowest BCUT2D eigenvalue weighted by atomic mass is 9.97. The minimum absolute atomic E-state index is 0.0624. The summed E-state index contributed by atoms with van der Waals surface area (Å²) in [6.07, 6.45) is 3.32. The van der Waals surface area contributed by atoms with Crippen molar-refractivity contribution >= 4 is 16.1 Å². The number of aryl methyl sites for hydroxylation is 2. The molecule has 1 aliphatic heterocycles. The number of carbonyl (C=O) groups excluding carboxylic acids is 1. The number of nitrogens with zero attached hydrogens (tertiary/aromatic N) is 2. The third kappa shape index (κ3) is 4.84. The van der Waals surface area contributed by atoms with Gasteiger partial charge in [-0.25, -0.2) is 0 Å². The summed E-state index contributed by atoms with van der Waals surface area (Å²) in [6.45, 7) is 5.44. The van der Waals surface area contributed by atoms with E-state index in [4.69, 9.17) is 0 Å². The molecule has 1 fully saturated rings. The highest BCUT2D eigenvalue weighted by Gasteiger charge is 2.33. The first kappa shape index (κ1) is 20.9. The van der Waals surface area contributed by atoms with Crippen LogP contribution in [0.3, 0.4) is 0 Å². The van der Waals surface area contributed by atoms with Crippen molar-refractivity contribution in [3.63, 3.8) is 0 Å². The molecule has 26 heavy (non-hydrogen) atoms. The van der Waals surface area contributed by atoms with E-state index in [-0.39, 0.29) is 18.4 Å². The lowest BCUT2D eigenvalue weighted by Crippen LogP contribution is -2.48. The fourth-order valence-electron chi connectivity index (χ4n) is 3.33. The standard InChI is InChI=1S/C19H31N3O3S/c1-5-15-9-10-16(6-2)18(12-15)13-20-19(23)17-8-7-11-22(14-17)26(24,25)21(3)4/h9-10,12,17H,5-8,11,13-14H2,1-4H3,(H,20,23)/t17-/m0/s1. The van der Waals surface area contributed by atoms with Crippen LogP contribution in [0, 0.1) is 5.92 Å². The Balaban J connectivity index is 2.02. The van der Waals surface area contributed by atoms with Gasteiger partial charge in [-0.3, -0.25) is 4.79 Å². The second kappa shape index (κ2) is 8.97. The summed E-state index contributed by atoms with van der Waals surface area (Å²) >= 11 is 0. The molecular weight excluding hydrogens is 350 g/mol. The van der Waals surface area contributed by atoms with Gasteiger partial charge in [-0.1, -0.05) is 32.0 Å². The van der Waals surface area contributed by atoms with Crippen LogP contribution in [0.25, 0.3) is 0 Å². The first-order valence-corrected chi connectivity index (χ1v) is 10.7. The molecule has 0 spiro atoms. The molecule has 0 aliphatic carbocycles. The number of hydrogen-bond acceptors (Lipinski definition) is 3. The van der Waals surface area contributed by atoms with Crippen LogP contribution in [0.2, 0.25) is 0 Å². The molecule has 1 amide bonds. The molecule has 6 nitrogen and oxygen atoms in total. The molecule has 1 aliphatic rings. The van der Waals surface area contributed by atoms with E-state index in [9.17, 15) is 13.2 Å². The molecule has 0 unspecified atom stereocenters. The van der Waals surface area contributed by atoms with E-state index in [0.717, 1.165) is 24.8 Å². The topological polar surface area (TPSA) is 69.7 Å². The molecule has 1 atom stereocenters. The van der Waals surface area contributed by atoms with E-state index in [0.29, 0.717) is 19.5 Å². The monoisotopic (exact) mass is 381 g/mol. The van der Waals surface area contributed by atoms with Crippen molar-refractivity contribution in [3.8, 4) is 0 Å².